The molecule has 0 fully saturated rings. The first-order valence-corrected chi connectivity index (χ1v) is 5.67. The predicted octanol–water partition coefficient (Wildman–Crippen LogP) is 2.96. The highest BCUT2D eigenvalue weighted by molar-refractivity contribution is 5.85. The number of rotatable bonds is 4. The van der Waals surface area contributed by atoms with Crippen molar-refractivity contribution >= 4 is 12.4 Å². The van der Waals surface area contributed by atoms with Gasteiger partial charge in [0.1, 0.15) is 5.82 Å². The monoisotopic (exact) mass is 261 g/mol. The Balaban J connectivity index is 0.00000256. The summed E-state index contributed by atoms with van der Waals surface area (Å²) in [6, 6.07) is 4.03. The minimum Gasteiger partial charge on any atom is -0.391 e. The third kappa shape index (κ3) is 3.95. The van der Waals surface area contributed by atoms with Crippen LogP contribution in [0.5, 0.6) is 0 Å². The van der Waals surface area contributed by atoms with Gasteiger partial charge < -0.3 is 10.8 Å². The fraction of sp³-hybridized carbons (Fsp3) is 0.538. The number of aryl methyl sites for hydroxylation is 1. The first-order chi connectivity index (χ1) is 7.47. The molecule has 0 aromatic heterocycles. The van der Waals surface area contributed by atoms with Gasteiger partial charge in [-0.2, -0.15) is 0 Å². The molecule has 1 aromatic rings. The molecular formula is C13H21ClFNO. The maximum absolute atomic E-state index is 12.9. The van der Waals surface area contributed by atoms with Crippen molar-refractivity contribution in [1.82, 2.24) is 0 Å². The summed E-state index contributed by atoms with van der Waals surface area (Å²) >= 11 is 0. The van der Waals surface area contributed by atoms with Gasteiger partial charge in [0.05, 0.1) is 12.1 Å². The summed E-state index contributed by atoms with van der Waals surface area (Å²) < 4.78 is 12.9. The zero-order valence-electron chi connectivity index (χ0n) is 10.5. The lowest BCUT2D eigenvalue weighted by Crippen LogP contribution is -2.32. The number of aliphatic hydroxyl groups is 1. The molecule has 1 rings (SSSR count). The Kier molecular flexibility index (Phi) is 6.68. The molecule has 3 N–H and O–H groups in total. The summed E-state index contributed by atoms with van der Waals surface area (Å²) in [6.07, 6.45) is 0.281. The fourth-order valence-corrected chi connectivity index (χ4v) is 1.79. The molecule has 0 aliphatic rings. The van der Waals surface area contributed by atoms with Crippen LogP contribution < -0.4 is 5.73 Å². The van der Waals surface area contributed by atoms with E-state index >= 15 is 0 Å². The normalized spacial score (nSPS) is 15.9. The van der Waals surface area contributed by atoms with Gasteiger partial charge >= 0.3 is 0 Å². The molecular weight excluding hydrogens is 241 g/mol. The van der Waals surface area contributed by atoms with Crippen LogP contribution in [0.2, 0.25) is 0 Å². The van der Waals surface area contributed by atoms with Gasteiger partial charge in [0.15, 0.2) is 0 Å². The smallest absolute Gasteiger partial charge is 0.123 e. The molecule has 0 aliphatic carbocycles. The van der Waals surface area contributed by atoms with E-state index in [1.54, 1.807) is 6.07 Å². The average Bonchev–Trinajstić information content (AvgIpc) is 2.26. The molecule has 4 heteroatoms. The second-order valence-electron chi connectivity index (χ2n) is 4.40. The van der Waals surface area contributed by atoms with Crippen molar-refractivity contribution in [3.05, 3.63) is 35.1 Å². The van der Waals surface area contributed by atoms with Crippen LogP contribution in [-0.4, -0.2) is 11.2 Å². The van der Waals surface area contributed by atoms with Crippen molar-refractivity contribution in [2.24, 2.45) is 11.7 Å². The van der Waals surface area contributed by atoms with Crippen LogP contribution in [0.4, 0.5) is 4.39 Å². The Morgan fingerprint density at radius 1 is 1.41 bits per heavy atom. The topological polar surface area (TPSA) is 46.2 Å². The van der Waals surface area contributed by atoms with E-state index < -0.39 is 12.1 Å². The summed E-state index contributed by atoms with van der Waals surface area (Å²) in [5.41, 5.74) is 7.59. The molecule has 1 unspecified atom stereocenters. The molecule has 0 bridgehead atoms. The number of nitrogens with two attached hydrogens (primary N) is 1. The van der Waals surface area contributed by atoms with Crippen LogP contribution in [0, 0.1) is 18.7 Å². The fourth-order valence-electron chi connectivity index (χ4n) is 1.79. The zero-order chi connectivity index (χ0) is 12.3. The Bertz CT molecular complexity index is 359. The van der Waals surface area contributed by atoms with Gasteiger partial charge in [-0.25, -0.2) is 4.39 Å². The lowest BCUT2D eigenvalue weighted by molar-refractivity contribution is 0.0877. The number of aliphatic hydroxyl groups excluding tert-OH is 1. The van der Waals surface area contributed by atoms with Crippen molar-refractivity contribution in [3.63, 3.8) is 0 Å². The Morgan fingerprint density at radius 2 is 2.00 bits per heavy atom. The van der Waals surface area contributed by atoms with Crippen LogP contribution >= 0.6 is 12.4 Å². The van der Waals surface area contributed by atoms with E-state index in [4.69, 9.17) is 5.73 Å². The molecule has 2 nitrogen and oxygen atoms in total. The minimum atomic E-state index is -0.589. The van der Waals surface area contributed by atoms with Gasteiger partial charge in [-0.1, -0.05) is 26.3 Å². The Morgan fingerprint density at radius 3 is 2.47 bits per heavy atom. The SMILES string of the molecule is CCC(C)[C@@H](O)[C@@H](N)c1ccc(F)cc1C.Cl. The van der Waals surface area contributed by atoms with Crippen molar-refractivity contribution in [2.75, 3.05) is 0 Å². The van der Waals surface area contributed by atoms with E-state index in [-0.39, 0.29) is 24.1 Å². The van der Waals surface area contributed by atoms with Gasteiger partial charge in [0.25, 0.3) is 0 Å². The summed E-state index contributed by atoms with van der Waals surface area (Å²) in [4.78, 5) is 0. The van der Waals surface area contributed by atoms with Crippen molar-refractivity contribution in [2.45, 2.75) is 39.3 Å². The van der Waals surface area contributed by atoms with Gasteiger partial charge in [-0.15, -0.1) is 12.4 Å². The second-order valence-corrected chi connectivity index (χ2v) is 4.40. The molecule has 98 valence electrons. The summed E-state index contributed by atoms with van der Waals surface area (Å²) in [5, 5.41) is 10.0. The first kappa shape index (κ1) is 16.4. The van der Waals surface area contributed by atoms with E-state index in [9.17, 15) is 9.50 Å². The largest absolute Gasteiger partial charge is 0.391 e. The molecule has 0 amide bonds. The van der Waals surface area contributed by atoms with Crippen molar-refractivity contribution < 1.29 is 9.50 Å². The Labute approximate surface area is 108 Å². The van der Waals surface area contributed by atoms with Crippen molar-refractivity contribution in [3.8, 4) is 0 Å². The quantitative estimate of drug-likeness (QED) is 0.875. The van der Waals surface area contributed by atoms with E-state index in [0.717, 1.165) is 17.5 Å². The summed E-state index contributed by atoms with van der Waals surface area (Å²) in [5.74, 6) is -0.133. The molecule has 1 aromatic carbocycles. The standard InChI is InChI=1S/C13H20FNO.ClH/c1-4-8(2)13(16)12(15)11-6-5-10(14)7-9(11)3;/h5-8,12-13,16H,4,15H2,1-3H3;1H/t8?,12-,13+;/m0./s1. The molecule has 0 saturated heterocycles. The maximum Gasteiger partial charge on any atom is 0.123 e. The van der Waals surface area contributed by atoms with E-state index in [1.807, 2.05) is 20.8 Å². The van der Waals surface area contributed by atoms with E-state index in [0.29, 0.717) is 0 Å². The average molecular weight is 262 g/mol. The zero-order valence-corrected chi connectivity index (χ0v) is 11.3. The van der Waals surface area contributed by atoms with Gasteiger partial charge in [-0.05, 0) is 36.1 Å². The minimum absolute atomic E-state index is 0. The summed E-state index contributed by atoms with van der Waals surface area (Å²) in [7, 11) is 0. The number of benzene rings is 1. The molecule has 0 spiro atoms. The molecule has 0 radical (unpaired) electrons. The van der Waals surface area contributed by atoms with Crippen LogP contribution in [0.15, 0.2) is 18.2 Å². The lowest BCUT2D eigenvalue weighted by Gasteiger charge is -2.25. The third-order valence-electron chi connectivity index (χ3n) is 3.19. The van der Waals surface area contributed by atoms with Crippen LogP contribution in [-0.2, 0) is 0 Å². The first-order valence-electron chi connectivity index (χ1n) is 5.67. The summed E-state index contributed by atoms with van der Waals surface area (Å²) in [6.45, 7) is 5.78. The van der Waals surface area contributed by atoms with E-state index in [2.05, 4.69) is 0 Å². The van der Waals surface area contributed by atoms with Crippen molar-refractivity contribution in [1.29, 1.82) is 0 Å². The molecule has 0 saturated carbocycles. The molecule has 0 heterocycles. The van der Waals surface area contributed by atoms with E-state index in [1.165, 1.54) is 12.1 Å². The highest BCUT2D eigenvalue weighted by atomic mass is 35.5. The lowest BCUT2D eigenvalue weighted by atomic mass is 9.89. The predicted molar refractivity (Wildman–Crippen MR) is 70.8 cm³/mol. The molecule has 3 atom stereocenters. The second kappa shape index (κ2) is 6.94. The van der Waals surface area contributed by atoms with Crippen LogP contribution in [0.3, 0.4) is 0 Å². The van der Waals surface area contributed by atoms with Gasteiger partial charge in [0.2, 0.25) is 0 Å². The van der Waals surface area contributed by atoms with Gasteiger partial charge in [0, 0.05) is 0 Å². The van der Waals surface area contributed by atoms with Gasteiger partial charge in [-0.3, -0.25) is 0 Å². The van der Waals surface area contributed by atoms with Crippen LogP contribution in [0.1, 0.15) is 37.4 Å². The maximum atomic E-state index is 12.9. The Hall–Kier alpha value is -0.640. The molecule has 0 aliphatic heterocycles. The highest BCUT2D eigenvalue weighted by Gasteiger charge is 2.23. The highest BCUT2D eigenvalue weighted by Crippen LogP contribution is 2.24. The number of hydrogen-bond donors (Lipinski definition) is 2. The molecule has 17 heavy (non-hydrogen) atoms. The number of hydrogen-bond acceptors (Lipinski definition) is 2. The van der Waals surface area contributed by atoms with Crippen LogP contribution in [0.25, 0.3) is 0 Å². The number of halogens is 2. The third-order valence-corrected chi connectivity index (χ3v) is 3.19.